The molecule has 1 aromatic carbocycles. The highest BCUT2D eigenvalue weighted by Crippen LogP contribution is 2.40. The first kappa shape index (κ1) is 16.8. The van der Waals surface area contributed by atoms with Gasteiger partial charge in [-0.2, -0.15) is 5.10 Å². The molecule has 0 aliphatic carbocycles. The topological polar surface area (TPSA) is 38.9 Å². The Hall–Kier alpha value is -2.40. The molecule has 5 heterocycles. The molecule has 0 spiro atoms. The molecule has 5 heteroatoms. The normalized spacial score (nSPS) is 24.6. The molecule has 27 heavy (non-hydrogen) atoms. The Kier molecular flexibility index (Phi) is 4.12. The second-order valence-corrected chi connectivity index (χ2v) is 8.22. The lowest BCUT2D eigenvalue weighted by molar-refractivity contribution is 0.0577. The van der Waals surface area contributed by atoms with Gasteiger partial charge in [0.15, 0.2) is 0 Å². The van der Waals surface area contributed by atoms with E-state index < -0.39 is 0 Å². The standard InChI is InChI=1S/C22H27N5/c1-16(2)27-13-19(12-24-27)22-21(18-6-4-3-5-7-18)23-15-26(22)20-14-25-10-8-17(20)9-11-25/h3-7,12-13,15-17,20H,8-11,14H2,1-2H3. The second kappa shape index (κ2) is 6.64. The van der Waals surface area contributed by atoms with Crippen LogP contribution >= 0.6 is 0 Å². The fraction of sp³-hybridized carbons (Fsp3) is 0.455. The van der Waals surface area contributed by atoms with Crippen molar-refractivity contribution < 1.29 is 0 Å². The van der Waals surface area contributed by atoms with Gasteiger partial charge in [0.05, 0.1) is 30.0 Å². The minimum Gasteiger partial charge on any atom is -0.325 e. The first-order valence-corrected chi connectivity index (χ1v) is 10.1. The van der Waals surface area contributed by atoms with Crippen LogP contribution in [0.25, 0.3) is 22.5 Å². The quantitative estimate of drug-likeness (QED) is 0.697. The molecule has 3 saturated heterocycles. The molecule has 2 bridgehead atoms. The highest BCUT2D eigenvalue weighted by molar-refractivity contribution is 5.78. The van der Waals surface area contributed by atoms with Gasteiger partial charge in [-0.05, 0) is 45.7 Å². The van der Waals surface area contributed by atoms with Crippen molar-refractivity contribution in [3.63, 3.8) is 0 Å². The average Bonchev–Trinajstić information content (AvgIpc) is 3.36. The molecule has 0 amide bonds. The van der Waals surface area contributed by atoms with Crippen LogP contribution in [0.4, 0.5) is 0 Å². The smallest absolute Gasteiger partial charge is 0.0964 e. The van der Waals surface area contributed by atoms with Crippen LogP contribution < -0.4 is 0 Å². The summed E-state index contributed by atoms with van der Waals surface area (Å²) in [5.41, 5.74) is 4.61. The van der Waals surface area contributed by atoms with Crippen LogP contribution in [-0.4, -0.2) is 43.9 Å². The maximum Gasteiger partial charge on any atom is 0.0964 e. The largest absolute Gasteiger partial charge is 0.325 e. The molecular weight excluding hydrogens is 334 g/mol. The monoisotopic (exact) mass is 361 g/mol. The highest BCUT2D eigenvalue weighted by atomic mass is 15.3. The van der Waals surface area contributed by atoms with Gasteiger partial charge in [-0.3, -0.25) is 4.68 Å². The summed E-state index contributed by atoms with van der Waals surface area (Å²) in [6, 6.07) is 11.4. The molecule has 3 aromatic rings. The molecule has 3 aliphatic heterocycles. The molecule has 0 N–H and O–H groups in total. The SMILES string of the molecule is CC(C)n1cc(-c2c(-c3ccccc3)ncn2C2CN3CCC2CC3)cn1. The van der Waals surface area contributed by atoms with Crippen LogP contribution in [0, 0.1) is 5.92 Å². The molecule has 5 nitrogen and oxygen atoms in total. The highest BCUT2D eigenvalue weighted by Gasteiger charge is 2.36. The van der Waals surface area contributed by atoms with Crippen molar-refractivity contribution >= 4 is 0 Å². The van der Waals surface area contributed by atoms with Crippen molar-refractivity contribution in [2.24, 2.45) is 5.92 Å². The molecule has 3 aliphatic rings. The number of benzene rings is 1. The van der Waals surface area contributed by atoms with Gasteiger partial charge in [-0.25, -0.2) is 4.98 Å². The zero-order valence-corrected chi connectivity index (χ0v) is 16.1. The van der Waals surface area contributed by atoms with Gasteiger partial charge in [-0.15, -0.1) is 0 Å². The lowest BCUT2D eigenvalue weighted by Gasteiger charge is -2.45. The third-order valence-electron chi connectivity index (χ3n) is 6.22. The second-order valence-electron chi connectivity index (χ2n) is 8.22. The Morgan fingerprint density at radius 2 is 1.81 bits per heavy atom. The molecule has 3 fully saturated rings. The van der Waals surface area contributed by atoms with Crippen molar-refractivity contribution in [1.82, 2.24) is 24.2 Å². The van der Waals surface area contributed by atoms with Gasteiger partial charge >= 0.3 is 0 Å². The van der Waals surface area contributed by atoms with Crippen molar-refractivity contribution in [1.29, 1.82) is 0 Å². The molecule has 6 rings (SSSR count). The summed E-state index contributed by atoms with van der Waals surface area (Å²) in [6.45, 7) is 7.98. The van der Waals surface area contributed by atoms with E-state index in [9.17, 15) is 0 Å². The molecule has 1 atom stereocenters. The summed E-state index contributed by atoms with van der Waals surface area (Å²) >= 11 is 0. The maximum absolute atomic E-state index is 4.88. The first-order chi connectivity index (χ1) is 13.2. The Bertz CT molecular complexity index is 915. The lowest BCUT2D eigenvalue weighted by Crippen LogP contribution is -2.48. The summed E-state index contributed by atoms with van der Waals surface area (Å²) in [6.07, 6.45) is 8.84. The fourth-order valence-electron chi connectivity index (χ4n) is 4.70. The van der Waals surface area contributed by atoms with Crippen molar-refractivity contribution in [2.45, 2.75) is 38.8 Å². The van der Waals surface area contributed by atoms with Gasteiger partial charge in [0, 0.05) is 29.9 Å². The predicted octanol–water partition coefficient (Wildman–Crippen LogP) is 4.26. The average molecular weight is 361 g/mol. The van der Waals surface area contributed by atoms with Crippen LogP contribution in [0.1, 0.15) is 38.8 Å². The van der Waals surface area contributed by atoms with Crippen LogP contribution in [0.15, 0.2) is 49.1 Å². The van der Waals surface area contributed by atoms with Gasteiger partial charge in [0.2, 0.25) is 0 Å². The molecule has 0 radical (unpaired) electrons. The van der Waals surface area contributed by atoms with E-state index in [4.69, 9.17) is 4.98 Å². The van der Waals surface area contributed by atoms with Gasteiger partial charge in [0.1, 0.15) is 0 Å². The lowest BCUT2D eigenvalue weighted by atomic mass is 9.83. The van der Waals surface area contributed by atoms with E-state index in [0.717, 1.165) is 23.7 Å². The summed E-state index contributed by atoms with van der Waals surface area (Å²) < 4.78 is 4.48. The molecule has 140 valence electrons. The fourth-order valence-corrected chi connectivity index (χ4v) is 4.70. The summed E-state index contributed by atoms with van der Waals surface area (Å²) in [4.78, 5) is 7.49. The van der Waals surface area contributed by atoms with Gasteiger partial charge in [-0.1, -0.05) is 30.3 Å². The van der Waals surface area contributed by atoms with Crippen molar-refractivity contribution in [2.75, 3.05) is 19.6 Å². The molecular formula is C22H27N5. The maximum atomic E-state index is 4.88. The van der Waals surface area contributed by atoms with Crippen LogP contribution in [0.3, 0.4) is 0 Å². The van der Waals surface area contributed by atoms with E-state index in [1.165, 1.54) is 37.2 Å². The van der Waals surface area contributed by atoms with Gasteiger partial charge < -0.3 is 9.47 Å². The predicted molar refractivity (Wildman–Crippen MR) is 107 cm³/mol. The summed E-state index contributed by atoms with van der Waals surface area (Å²) in [5, 5.41) is 4.61. The molecule has 2 aromatic heterocycles. The summed E-state index contributed by atoms with van der Waals surface area (Å²) in [7, 11) is 0. The van der Waals surface area contributed by atoms with Crippen molar-refractivity contribution in [3.8, 4) is 22.5 Å². The van der Waals surface area contributed by atoms with Crippen molar-refractivity contribution in [3.05, 3.63) is 49.1 Å². The van der Waals surface area contributed by atoms with E-state index >= 15 is 0 Å². The van der Waals surface area contributed by atoms with E-state index in [2.05, 4.69) is 71.3 Å². The zero-order valence-electron chi connectivity index (χ0n) is 16.1. The summed E-state index contributed by atoms with van der Waals surface area (Å²) in [5.74, 6) is 0.756. The van der Waals surface area contributed by atoms with E-state index in [-0.39, 0.29) is 0 Å². The van der Waals surface area contributed by atoms with E-state index in [1.54, 1.807) is 0 Å². The Balaban J connectivity index is 1.64. The van der Waals surface area contributed by atoms with E-state index in [1.807, 2.05) is 10.9 Å². The molecule has 1 unspecified atom stereocenters. The first-order valence-electron chi connectivity index (χ1n) is 10.1. The number of hydrogen-bond donors (Lipinski definition) is 0. The third kappa shape index (κ3) is 2.90. The Morgan fingerprint density at radius 3 is 2.44 bits per heavy atom. The van der Waals surface area contributed by atoms with Crippen LogP contribution in [0.5, 0.6) is 0 Å². The number of nitrogens with zero attached hydrogens (tertiary/aromatic N) is 5. The van der Waals surface area contributed by atoms with Crippen LogP contribution in [0.2, 0.25) is 0 Å². The van der Waals surface area contributed by atoms with Crippen LogP contribution in [-0.2, 0) is 0 Å². The Morgan fingerprint density at radius 1 is 1.04 bits per heavy atom. The molecule has 0 saturated carbocycles. The third-order valence-corrected chi connectivity index (χ3v) is 6.22. The number of aromatic nitrogens is 4. The zero-order chi connectivity index (χ0) is 18.4. The Labute approximate surface area is 160 Å². The number of fused-ring (bicyclic) bond motifs is 3. The number of hydrogen-bond acceptors (Lipinski definition) is 3. The number of rotatable bonds is 4. The van der Waals surface area contributed by atoms with Gasteiger partial charge in [0.25, 0.3) is 0 Å². The minimum absolute atomic E-state index is 0.354. The van der Waals surface area contributed by atoms with E-state index in [0.29, 0.717) is 12.1 Å². The number of imidazole rings is 1. The minimum atomic E-state index is 0.354. The number of piperidine rings is 3.